The van der Waals surface area contributed by atoms with Gasteiger partial charge in [-0.05, 0) is 25.7 Å². The molecule has 238 valence electrons. The van der Waals surface area contributed by atoms with E-state index in [1.165, 1.54) is 0 Å². The molecule has 0 aliphatic carbocycles. The monoisotopic (exact) mass is 654 g/mol. The van der Waals surface area contributed by atoms with E-state index in [-0.39, 0.29) is 54.3 Å². The Bertz CT molecular complexity index is 1220. The van der Waals surface area contributed by atoms with E-state index in [0.717, 1.165) is 30.8 Å². The van der Waals surface area contributed by atoms with Crippen LogP contribution in [0.25, 0.3) is 0 Å². The highest BCUT2D eigenvalue weighted by Gasteiger charge is 2.43. The highest BCUT2D eigenvalue weighted by atomic mass is 32.2. The van der Waals surface area contributed by atoms with Crippen LogP contribution in [0, 0.1) is 29.1 Å². The Kier molecular flexibility index (Phi) is 11.3. The number of rotatable bonds is 11. The largest absolute Gasteiger partial charge is 0.481 e. The van der Waals surface area contributed by atoms with Gasteiger partial charge in [0.05, 0.1) is 24.2 Å². The normalized spacial score (nSPS) is 26.8. The zero-order valence-corrected chi connectivity index (χ0v) is 24.4. The van der Waals surface area contributed by atoms with Crippen molar-refractivity contribution < 1.29 is 51.0 Å². The molecular formula is C26H31F5N4O6S2. The van der Waals surface area contributed by atoms with Crippen LogP contribution < -0.4 is 26.0 Å². The molecule has 1 aromatic rings. The zero-order chi connectivity index (χ0) is 31.3. The van der Waals surface area contributed by atoms with Crippen molar-refractivity contribution in [2.45, 2.75) is 86.0 Å². The van der Waals surface area contributed by atoms with Crippen LogP contribution in [-0.4, -0.2) is 75.3 Å². The number of esters is 1. The minimum absolute atomic E-state index is 0.0165. The van der Waals surface area contributed by atoms with Gasteiger partial charge in [0.25, 0.3) is 0 Å². The molecule has 0 bridgehead atoms. The Labute approximate surface area is 252 Å². The first-order valence-electron chi connectivity index (χ1n) is 13.8. The minimum atomic E-state index is -2.31. The molecule has 4 aliphatic heterocycles. The third kappa shape index (κ3) is 8.16. The third-order valence-corrected chi connectivity index (χ3v) is 10.5. The summed E-state index contributed by atoms with van der Waals surface area (Å²) in [5, 5.41) is 20.6. The highest BCUT2D eigenvalue weighted by molar-refractivity contribution is 8.00. The van der Waals surface area contributed by atoms with Gasteiger partial charge >= 0.3 is 24.0 Å². The van der Waals surface area contributed by atoms with Gasteiger partial charge in [-0.1, -0.05) is 12.8 Å². The number of halogens is 5. The number of amides is 4. The molecule has 6 atom stereocenters. The van der Waals surface area contributed by atoms with Gasteiger partial charge in [-0.3, -0.25) is 9.59 Å². The van der Waals surface area contributed by atoms with Crippen molar-refractivity contribution in [2.24, 2.45) is 0 Å². The lowest BCUT2D eigenvalue weighted by molar-refractivity contribution is -0.137. The number of fused-ring (bicyclic) bond motifs is 2. The smallest absolute Gasteiger partial charge is 0.315 e. The van der Waals surface area contributed by atoms with Crippen molar-refractivity contribution in [1.29, 1.82) is 0 Å². The van der Waals surface area contributed by atoms with Crippen LogP contribution in [0.1, 0.15) is 51.4 Å². The van der Waals surface area contributed by atoms with Crippen molar-refractivity contribution >= 4 is 47.5 Å². The number of urea groups is 2. The van der Waals surface area contributed by atoms with E-state index in [2.05, 4.69) is 26.0 Å². The van der Waals surface area contributed by atoms with Gasteiger partial charge in [0.1, 0.15) is 0 Å². The maximum absolute atomic E-state index is 13.5. The number of benzene rings is 1. The lowest BCUT2D eigenvalue weighted by Crippen LogP contribution is -2.36. The molecule has 17 heteroatoms. The summed E-state index contributed by atoms with van der Waals surface area (Å²) in [6.45, 7) is 0. The van der Waals surface area contributed by atoms with Gasteiger partial charge in [-0.25, -0.2) is 22.8 Å². The SMILES string of the molecule is O=C(O)CCCCC1SCC2NC(=O)NC21.O=C1NC2CSC(CCCCC(=O)Oc3c(F)c(F)c(F)c(F)c3F)C2N1. The first-order valence-corrected chi connectivity index (χ1v) is 15.9. The second-order valence-corrected chi connectivity index (χ2v) is 13.0. The Hall–Kier alpha value is -2.95. The summed E-state index contributed by atoms with van der Waals surface area (Å²) in [5.41, 5.74) is 0. The van der Waals surface area contributed by atoms with E-state index < -0.39 is 46.8 Å². The molecule has 0 radical (unpaired) electrons. The number of thioether (sulfide) groups is 2. The van der Waals surface area contributed by atoms with Crippen LogP contribution >= 0.6 is 23.5 Å². The second-order valence-electron chi connectivity index (χ2n) is 10.5. The molecule has 0 saturated carbocycles. The van der Waals surface area contributed by atoms with E-state index in [9.17, 15) is 41.1 Å². The zero-order valence-electron chi connectivity index (χ0n) is 22.7. The summed E-state index contributed by atoms with van der Waals surface area (Å²) < 4.78 is 70.4. The summed E-state index contributed by atoms with van der Waals surface area (Å²) >= 11 is 3.57. The summed E-state index contributed by atoms with van der Waals surface area (Å²) in [4.78, 5) is 44.4. The molecule has 4 fully saturated rings. The fraction of sp³-hybridized carbons (Fsp3) is 0.615. The molecule has 0 spiro atoms. The molecule has 5 N–H and O–H groups in total. The molecular weight excluding hydrogens is 623 g/mol. The first kappa shape index (κ1) is 33.0. The lowest BCUT2D eigenvalue weighted by Gasteiger charge is -2.16. The van der Waals surface area contributed by atoms with E-state index in [1.54, 1.807) is 11.8 Å². The molecule has 4 amide bonds. The van der Waals surface area contributed by atoms with Crippen LogP contribution in [0.15, 0.2) is 0 Å². The number of ether oxygens (including phenoxy) is 1. The van der Waals surface area contributed by atoms with Gasteiger partial charge < -0.3 is 31.1 Å². The molecule has 4 heterocycles. The van der Waals surface area contributed by atoms with Crippen molar-refractivity contribution in [3.63, 3.8) is 0 Å². The molecule has 6 unspecified atom stereocenters. The summed E-state index contributed by atoms with van der Waals surface area (Å²) in [5.74, 6) is -12.7. The molecule has 0 aromatic heterocycles. The summed E-state index contributed by atoms with van der Waals surface area (Å²) in [6, 6.07) is 0.325. The predicted molar refractivity (Wildman–Crippen MR) is 147 cm³/mol. The Morgan fingerprint density at radius 1 is 0.698 bits per heavy atom. The molecule has 5 rings (SSSR count). The number of hydrogen-bond acceptors (Lipinski definition) is 7. The Morgan fingerprint density at radius 3 is 1.60 bits per heavy atom. The third-order valence-electron chi connectivity index (χ3n) is 7.51. The molecule has 10 nitrogen and oxygen atoms in total. The van der Waals surface area contributed by atoms with Crippen LogP contribution in [0.2, 0.25) is 0 Å². The van der Waals surface area contributed by atoms with Crippen LogP contribution in [0.4, 0.5) is 31.5 Å². The minimum Gasteiger partial charge on any atom is -0.481 e. The fourth-order valence-corrected chi connectivity index (χ4v) is 8.45. The number of aliphatic carboxylic acids is 1. The average molecular weight is 655 g/mol. The fourth-order valence-electron chi connectivity index (χ4n) is 5.36. The molecule has 1 aromatic carbocycles. The number of carbonyl (C=O) groups is 4. The predicted octanol–water partition coefficient (Wildman–Crippen LogP) is 3.81. The molecule has 43 heavy (non-hydrogen) atoms. The Balaban J connectivity index is 0.000000225. The van der Waals surface area contributed by atoms with Gasteiger partial charge in [0.15, 0.2) is 0 Å². The maximum atomic E-state index is 13.5. The first-order chi connectivity index (χ1) is 20.5. The number of carbonyl (C=O) groups excluding carboxylic acids is 3. The van der Waals surface area contributed by atoms with E-state index in [0.29, 0.717) is 24.5 Å². The van der Waals surface area contributed by atoms with Gasteiger partial charge in [0.2, 0.25) is 34.8 Å². The van der Waals surface area contributed by atoms with Gasteiger partial charge in [0, 0.05) is 34.8 Å². The number of carboxylic acids is 1. The second kappa shape index (κ2) is 14.7. The highest BCUT2D eigenvalue weighted by Crippen LogP contribution is 2.34. The van der Waals surface area contributed by atoms with Crippen molar-refractivity contribution in [1.82, 2.24) is 21.3 Å². The molecule has 4 saturated heterocycles. The average Bonchev–Trinajstić information content (AvgIpc) is 3.72. The van der Waals surface area contributed by atoms with Gasteiger partial charge in [-0.15, -0.1) is 0 Å². The molecule has 4 aliphatic rings. The van der Waals surface area contributed by atoms with Crippen LogP contribution in [0.3, 0.4) is 0 Å². The van der Waals surface area contributed by atoms with Crippen LogP contribution in [-0.2, 0) is 9.59 Å². The standard InChI is InChI=1S/C16H15F5N2O3S.C10H16N2O3S/c17-9-10(18)12(20)15(13(21)11(9)19)26-8(24)4-2-1-3-7-14-6(5-27-7)22-16(25)23-14;13-8(14)4-2-1-3-7-9-6(5-16-7)11-10(15)12-9/h6-7,14H,1-5H2,(H2,22,23,25);6-7,9H,1-5H2,(H,13,14)(H2,11,12,15). The van der Waals surface area contributed by atoms with Gasteiger partial charge in [-0.2, -0.15) is 32.3 Å². The lowest BCUT2D eigenvalue weighted by atomic mass is 10.0. The number of carboxylic acid groups (broad SMARTS) is 1. The van der Waals surface area contributed by atoms with E-state index >= 15 is 0 Å². The number of hydrogen-bond donors (Lipinski definition) is 5. The van der Waals surface area contributed by atoms with Crippen molar-refractivity contribution in [2.75, 3.05) is 11.5 Å². The van der Waals surface area contributed by atoms with Crippen molar-refractivity contribution in [3.05, 3.63) is 29.1 Å². The topological polar surface area (TPSA) is 146 Å². The van der Waals surface area contributed by atoms with E-state index in [4.69, 9.17) is 5.11 Å². The van der Waals surface area contributed by atoms with E-state index in [1.807, 2.05) is 11.8 Å². The summed E-state index contributed by atoms with van der Waals surface area (Å²) in [6.07, 6.45) is 4.22. The summed E-state index contributed by atoms with van der Waals surface area (Å²) in [7, 11) is 0. The number of nitrogens with one attached hydrogen (secondary N) is 4. The van der Waals surface area contributed by atoms with Crippen molar-refractivity contribution in [3.8, 4) is 5.75 Å². The Morgan fingerprint density at radius 2 is 1.14 bits per heavy atom. The number of unbranched alkanes of at least 4 members (excludes halogenated alkanes) is 2. The maximum Gasteiger partial charge on any atom is 0.315 e. The quantitative estimate of drug-likeness (QED) is 0.0461. The van der Waals surface area contributed by atoms with Crippen LogP contribution in [0.5, 0.6) is 5.75 Å².